The summed E-state index contributed by atoms with van der Waals surface area (Å²) in [5.74, 6) is -0.687. The Hall–Kier alpha value is -2.96. The van der Waals surface area contributed by atoms with E-state index >= 15 is 0 Å². The van der Waals surface area contributed by atoms with Gasteiger partial charge < -0.3 is 24.9 Å². The monoisotopic (exact) mass is 290 g/mol. The van der Waals surface area contributed by atoms with E-state index in [0.29, 0.717) is 5.75 Å². The average molecular weight is 290 g/mol. The highest BCUT2D eigenvalue weighted by atomic mass is 16.5. The summed E-state index contributed by atoms with van der Waals surface area (Å²) in [5, 5.41) is 14.2. The Balaban J connectivity index is 2.06. The Labute approximate surface area is 120 Å². The number of methoxy groups -OCH3 is 1. The van der Waals surface area contributed by atoms with Crippen molar-refractivity contribution in [1.29, 1.82) is 0 Å². The first-order chi connectivity index (χ1) is 10.1. The molecule has 0 radical (unpaired) electrons. The SMILES string of the molecule is COc1ccc(C(=O)O)c(NC(=O)NCc2ccoc2)c1. The van der Waals surface area contributed by atoms with Gasteiger partial charge in [-0.2, -0.15) is 0 Å². The number of rotatable bonds is 5. The Kier molecular flexibility index (Phi) is 4.45. The predicted octanol–water partition coefficient (Wildman–Crippen LogP) is 2.31. The van der Waals surface area contributed by atoms with Crippen LogP contribution >= 0.6 is 0 Å². The van der Waals surface area contributed by atoms with Gasteiger partial charge in [0.25, 0.3) is 0 Å². The molecule has 7 nitrogen and oxygen atoms in total. The molecule has 1 aromatic carbocycles. The van der Waals surface area contributed by atoms with Gasteiger partial charge in [-0.1, -0.05) is 0 Å². The van der Waals surface area contributed by atoms with Gasteiger partial charge in [-0.15, -0.1) is 0 Å². The van der Waals surface area contributed by atoms with Gasteiger partial charge in [0, 0.05) is 18.2 Å². The Morgan fingerprint density at radius 1 is 1.33 bits per heavy atom. The number of carboxylic acids is 1. The molecule has 0 unspecified atom stereocenters. The fraction of sp³-hybridized carbons (Fsp3) is 0.143. The topological polar surface area (TPSA) is 101 Å². The number of carbonyl (C=O) groups is 2. The van der Waals surface area contributed by atoms with Crippen LogP contribution in [-0.4, -0.2) is 24.2 Å². The number of aromatic carboxylic acids is 1. The van der Waals surface area contributed by atoms with Crippen LogP contribution in [0.15, 0.2) is 41.2 Å². The second-order valence-electron chi connectivity index (χ2n) is 4.16. The van der Waals surface area contributed by atoms with Crippen molar-refractivity contribution in [1.82, 2.24) is 5.32 Å². The number of ether oxygens (including phenoxy) is 1. The molecule has 0 spiro atoms. The van der Waals surface area contributed by atoms with Crippen molar-refractivity contribution in [2.75, 3.05) is 12.4 Å². The molecule has 0 aliphatic rings. The van der Waals surface area contributed by atoms with E-state index in [9.17, 15) is 9.59 Å². The third-order valence-electron chi connectivity index (χ3n) is 2.74. The summed E-state index contributed by atoms with van der Waals surface area (Å²) in [6.07, 6.45) is 3.01. The lowest BCUT2D eigenvalue weighted by Gasteiger charge is -2.11. The zero-order valence-corrected chi connectivity index (χ0v) is 11.3. The van der Waals surface area contributed by atoms with E-state index in [1.54, 1.807) is 6.07 Å². The molecule has 1 aromatic heterocycles. The minimum atomic E-state index is -1.14. The van der Waals surface area contributed by atoms with Gasteiger partial charge in [-0.3, -0.25) is 0 Å². The molecule has 2 rings (SSSR count). The van der Waals surface area contributed by atoms with E-state index in [1.807, 2.05) is 0 Å². The number of furan rings is 1. The Morgan fingerprint density at radius 3 is 2.76 bits per heavy atom. The fourth-order valence-corrected chi connectivity index (χ4v) is 1.68. The van der Waals surface area contributed by atoms with Crippen molar-refractivity contribution in [2.45, 2.75) is 6.54 Å². The summed E-state index contributed by atoms with van der Waals surface area (Å²) >= 11 is 0. The molecular formula is C14H14N2O5. The van der Waals surface area contributed by atoms with Crippen LogP contribution in [0.5, 0.6) is 5.75 Å². The highest BCUT2D eigenvalue weighted by Crippen LogP contribution is 2.22. The largest absolute Gasteiger partial charge is 0.497 e. The minimum absolute atomic E-state index is 0.0192. The molecule has 7 heteroatoms. The van der Waals surface area contributed by atoms with E-state index in [-0.39, 0.29) is 17.8 Å². The second-order valence-corrected chi connectivity index (χ2v) is 4.16. The summed E-state index contributed by atoms with van der Waals surface area (Å²) < 4.78 is 9.89. The number of anilines is 1. The van der Waals surface area contributed by atoms with Crippen molar-refractivity contribution < 1.29 is 23.8 Å². The normalized spacial score (nSPS) is 9.95. The third kappa shape index (κ3) is 3.75. The fourth-order valence-electron chi connectivity index (χ4n) is 1.68. The number of carbonyl (C=O) groups excluding carboxylic acids is 1. The van der Waals surface area contributed by atoms with Gasteiger partial charge in [0.15, 0.2) is 0 Å². The van der Waals surface area contributed by atoms with Crippen LogP contribution in [0, 0.1) is 0 Å². The molecule has 0 aliphatic heterocycles. The number of hydrogen-bond donors (Lipinski definition) is 3. The maximum Gasteiger partial charge on any atom is 0.337 e. The standard InChI is InChI=1S/C14H14N2O5/c1-20-10-2-3-11(13(17)18)12(6-10)16-14(19)15-7-9-4-5-21-8-9/h2-6,8H,7H2,1H3,(H,17,18)(H2,15,16,19). The lowest BCUT2D eigenvalue weighted by Crippen LogP contribution is -2.28. The Bertz CT molecular complexity index is 637. The van der Waals surface area contributed by atoms with Gasteiger partial charge in [0.2, 0.25) is 0 Å². The van der Waals surface area contributed by atoms with Crippen molar-refractivity contribution >= 4 is 17.7 Å². The van der Waals surface area contributed by atoms with Crippen molar-refractivity contribution in [3.05, 3.63) is 47.9 Å². The summed E-state index contributed by atoms with van der Waals surface area (Å²) in [5.41, 5.74) is 0.940. The smallest absolute Gasteiger partial charge is 0.337 e. The van der Waals surface area contributed by atoms with Crippen LogP contribution in [0.3, 0.4) is 0 Å². The van der Waals surface area contributed by atoms with Gasteiger partial charge in [0.05, 0.1) is 30.9 Å². The molecule has 0 aliphatic carbocycles. The van der Waals surface area contributed by atoms with Crippen LogP contribution in [0.4, 0.5) is 10.5 Å². The summed E-state index contributed by atoms with van der Waals surface area (Å²) in [7, 11) is 1.46. The highest BCUT2D eigenvalue weighted by Gasteiger charge is 2.13. The van der Waals surface area contributed by atoms with E-state index in [4.69, 9.17) is 14.3 Å². The van der Waals surface area contributed by atoms with E-state index in [0.717, 1.165) is 5.56 Å². The van der Waals surface area contributed by atoms with Crippen LogP contribution in [0.25, 0.3) is 0 Å². The van der Waals surface area contributed by atoms with Crippen LogP contribution in [0.1, 0.15) is 15.9 Å². The molecule has 2 aromatic rings. The van der Waals surface area contributed by atoms with Gasteiger partial charge >= 0.3 is 12.0 Å². The van der Waals surface area contributed by atoms with Gasteiger partial charge in [0.1, 0.15) is 5.75 Å². The minimum Gasteiger partial charge on any atom is -0.497 e. The maximum absolute atomic E-state index is 11.8. The summed E-state index contributed by atoms with van der Waals surface area (Å²) in [6, 6.07) is 5.52. The maximum atomic E-state index is 11.8. The molecule has 21 heavy (non-hydrogen) atoms. The molecule has 110 valence electrons. The first kappa shape index (κ1) is 14.4. The Morgan fingerprint density at radius 2 is 2.14 bits per heavy atom. The lowest BCUT2D eigenvalue weighted by atomic mass is 10.1. The molecule has 0 saturated carbocycles. The first-order valence-electron chi connectivity index (χ1n) is 6.07. The lowest BCUT2D eigenvalue weighted by molar-refractivity contribution is 0.0698. The molecule has 1 heterocycles. The number of carboxylic acid groups (broad SMARTS) is 1. The average Bonchev–Trinajstić information content (AvgIpc) is 2.98. The van der Waals surface area contributed by atoms with Crippen molar-refractivity contribution in [2.24, 2.45) is 0 Å². The van der Waals surface area contributed by atoms with Crippen molar-refractivity contribution in [3.63, 3.8) is 0 Å². The van der Waals surface area contributed by atoms with Gasteiger partial charge in [-0.05, 0) is 18.2 Å². The quantitative estimate of drug-likeness (QED) is 0.784. The summed E-state index contributed by atoms with van der Waals surface area (Å²) in [4.78, 5) is 22.9. The van der Waals surface area contributed by atoms with E-state index in [2.05, 4.69) is 10.6 Å². The highest BCUT2D eigenvalue weighted by molar-refractivity contribution is 6.00. The second kappa shape index (κ2) is 6.47. The molecule has 0 saturated heterocycles. The molecule has 0 fully saturated rings. The summed E-state index contributed by atoms with van der Waals surface area (Å²) in [6.45, 7) is 0.273. The van der Waals surface area contributed by atoms with Gasteiger partial charge in [-0.25, -0.2) is 9.59 Å². The number of hydrogen-bond acceptors (Lipinski definition) is 4. The van der Waals surface area contributed by atoms with Crippen molar-refractivity contribution in [3.8, 4) is 5.75 Å². The molecule has 2 amide bonds. The number of benzene rings is 1. The zero-order valence-electron chi connectivity index (χ0n) is 11.3. The van der Waals surface area contributed by atoms with Crippen LogP contribution < -0.4 is 15.4 Å². The zero-order chi connectivity index (χ0) is 15.2. The number of nitrogens with one attached hydrogen (secondary N) is 2. The van der Waals surface area contributed by atoms with Crippen LogP contribution in [0.2, 0.25) is 0 Å². The van der Waals surface area contributed by atoms with E-state index < -0.39 is 12.0 Å². The molecular weight excluding hydrogens is 276 g/mol. The number of amides is 2. The van der Waals surface area contributed by atoms with E-state index in [1.165, 1.54) is 37.8 Å². The predicted molar refractivity (Wildman–Crippen MR) is 74.5 cm³/mol. The molecule has 3 N–H and O–H groups in total. The first-order valence-corrected chi connectivity index (χ1v) is 6.07. The van der Waals surface area contributed by atoms with Crippen LogP contribution in [-0.2, 0) is 6.54 Å². The number of urea groups is 1. The molecule has 0 atom stereocenters. The molecule has 0 bridgehead atoms. The third-order valence-corrected chi connectivity index (χ3v) is 2.74.